The number of nitrogens with one attached hydrogen (secondary N) is 2. The molecule has 0 spiro atoms. The average Bonchev–Trinajstić information content (AvgIpc) is 3.18. The van der Waals surface area contributed by atoms with Crippen LogP contribution < -0.4 is 10.6 Å². The van der Waals surface area contributed by atoms with Gasteiger partial charge >= 0.3 is 0 Å². The second kappa shape index (κ2) is 9.42. The molecule has 1 heterocycles. The van der Waals surface area contributed by atoms with Gasteiger partial charge in [0.1, 0.15) is 0 Å². The number of rotatable bonds is 7. The molecule has 1 aromatic heterocycles. The van der Waals surface area contributed by atoms with Crippen molar-refractivity contribution in [2.24, 2.45) is 4.99 Å². The van der Waals surface area contributed by atoms with Crippen molar-refractivity contribution >= 4 is 5.96 Å². The van der Waals surface area contributed by atoms with Gasteiger partial charge in [0.15, 0.2) is 5.96 Å². The minimum absolute atomic E-state index is 0.641. The Hall–Kier alpha value is -3.08. The van der Waals surface area contributed by atoms with Gasteiger partial charge in [-0.1, -0.05) is 54.6 Å². The van der Waals surface area contributed by atoms with Crippen LogP contribution in [0.1, 0.15) is 23.6 Å². The van der Waals surface area contributed by atoms with Crippen LogP contribution in [-0.2, 0) is 19.6 Å². The maximum atomic E-state index is 4.71. The number of hydrogen-bond donors (Lipinski definition) is 2. The second-order valence-electron chi connectivity index (χ2n) is 6.09. The van der Waals surface area contributed by atoms with Crippen molar-refractivity contribution in [1.82, 2.24) is 20.2 Å². The largest absolute Gasteiger partial charge is 0.357 e. The van der Waals surface area contributed by atoms with Crippen molar-refractivity contribution in [2.75, 3.05) is 6.54 Å². The Morgan fingerprint density at radius 3 is 2.58 bits per heavy atom. The Morgan fingerprint density at radius 2 is 1.81 bits per heavy atom. The molecule has 2 aromatic carbocycles. The first-order valence-corrected chi connectivity index (χ1v) is 8.93. The van der Waals surface area contributed by atoms with Gasteiger partial charge in [0.2, 0.25) is 0 Å². The van der Waals surface area contributed by atoms with Gasteiger partial charge in [-0.3, -0.25) is 0 Å². The first-order chi connectivity index (χ1) is 12.8. The number of aliphatic imine (C=N–C) groups is 1. The maximum absolute atomic E-state index is 4.71. The minimum atomic E-state index is 0.641. The van der Waals surface area contributed by atoms with Crippen LogP contribution in [-0.4, -0.2) is 22.1 Å². The van der Waals surface area contributed by atoms with Gasteiger partial charge in [-0.2, -0.15) is 0 Å². The standard InChI is InChI=1S/C21H25N5/c1-2-23-21(24-14-18-7-4-3-5-8-18)25-15-19-9-6-10-20(13-19)16-26-12-11-22-17-26/h3-13,17H,2,14-16H2,1H3,(H2,23,24,25). The fourth-order valence-corrected chi connectivity index (χ4v) is 2.71. The Bertz CT molecular complexity index is 809. The highest BCUT2D eigenvalue weighted by molar-refractivity contribution is 5.79. The highest BCUT2D eigenvalue weighted by Crippen LogP contribution is 2.08. The third-order valence-electron chi connectivity index (χ3n) is 3.98. The zero-order chi connectivity index (χ0) is 18.0. The molecule has 3 aromatic rings. The highest BCUT2D eigenvalue weighted by atomic mass is 15.2. The summed E-state index contributed by atoms with van der Waals surface area (Å²) in [5.41, 5.74) is 3.68. The second-order valence-corrected chi connectivity index (χ2v) is 6.09. The molecule has 134 valence electrons. The summed E-state index contributed by atoms with van der Waals surface area (Å²) in [7, 11) is 0. The van der Waals surface area contributed by atoms with Crippen LogP contribution >= 0.6 is 0 Å². The number of imidazole rings is 1. The number of hydrogen-bond acceptors (Lipinski definition) is 2. The van der Waals surface area contributed by atoms with Crippen molar-refractivity contribution < 1.29 is 0 Å². The molecule has 0 fully saturated rings. The van der Waals surface area contributed by atoms with Crippen LogP contribution in [0.5, 0.6) is 0 Å². The molecule has 5 nitrogen and oxygen atoms in total. The van der Waals surface area contributed by atoms with E-state index in [0.717, 1.165) is 25.6 Å². The molecule has 0 aliphatic heterocycles. The molecule has 0 unspecified atom stereocenters. The molecular weight excluding hydrogens is 322 g/mol. The van der Waals surface area contributed by atoms with Gasteiger partial charge in [-0.15, -0.1) is 0 Å². The number of guanidine groups is 1. The molecule has 0 radical (unpaired) electrons. The van der Waals surface area contributed by atoms with E-state index in [-0.39, 0.29) is 0 Å². The van der Waals surface area contributed by atoms with E-state index in [2.05, 4.69) is 63.5 Å². The molecule has 2 N–H and O–H groups in total. The first-order valence-electron chi connectivity index (χ1n) is 8.93. The summed E-state index contributed by atoms with van der Waals surface area (Å²) in [5, 5.41) is 6.69. The van der Waals surface area contributed by atoms with Gasteiger partial charge in [-0.25, -0.2) is 9.98 Å². The predicted molar refractivity (Wildman–Crippen MR) is 106 cm³/mol. The summed E-state index contributed by atoms with van der Waals surface area (Å²) in [4.78, 5) is 8.80. The first kappa shape index (κ1) is 17.7. The topological polar surface area (TPSA) is 54.2 Å². The van der Waals surface area contributed by atoms with Crippen LogP contribution in [0.15, 0.2) is 78.3 Å². The molecular formula is C21H25N5. The van der Waals surface area contributed by atoms with E-state index >= 15 is 0 Å². The molecule has 0 saturated heterocycles. The molecule has 26 heavy (non-hydrogen) atoms. The molecule has 0 atom stereocenters. The maximum Gasteiger partial charge on any atom is 0.191 e. The van der Waals surface area contributed by atoms with Gasteiger partial charge in [0.05, 0.1) is 12.9 Å². The van der Waals surface area contributed by atoms with Gasteiger partial charge < -0.3 is 15.2 Å². The Labute approximate surface area is 154 Å². The quantitative estimate of drug-likeness (QED) is 0.510. The van der Waals surface area contributed by atoms with E-state index in [0.29, 0.717) is 6.54 Å². The lowest BCUT2D eigenvalue weighted by Gasteiger charge is -2.11. The van der Waals surface area contributed by atoms with Crippen molar-refractivity contribution in [1.29, 1.82) is 0 Å². The number of aromatic nitrogens is 2. The Kier molecular flexibility index (Phi) is 6.42. The molecule has 0 aliphatic carbocycles. The van der Waals surface area contributed by atoms with Crippen LogP contribution in [0.25, 0.3) is 0 Å². The van der Waals surface area contributed by atoms with Crippen molar-refractivity contribution in [3.05, 3.63) is 90.0 Å². The molecule has 5 heteroatoms. The van der Waals surface area contributed by atoms with Crippen LogP contribution in [0, 0.1) is 0 Å². The lowest BCUT2D eigenvalue weighted by molar-refractivity contribution is 0.793. The summed E-state index contributed by atoms with van der Waals surface area (Å²) < 4.78 is 2.06. The van der Waals surface area contributed by atoms with Crippen LogP contribution in [0.2, 0.25) is 0 Å². The SMILES string of the molecule is CCNC(=NCc1cccc(Cn2ccnc2)c1)NCc1ccccc1. The summed E-state index contributed by atoms with van der Waals surface area (Å²) in [6.45, 7) is 5.13. The third kappa shape index (κ3) is 5.48. The molecule has 0 aliphatic rings. The van der Waals surface area contributed by atoms with E-state index in [4.69, 9.17) is 4.99 Å². The smallest absolute Gasteiger partial charge is 0.191 e. The Balaban J connectivity index is 1.61. The normalized spacial score (nSPS) is 11.3. The summed E-state index contributed by atoms with van der Waals surface area (Å²) in [6.07, 6.45) is 5.61. The van der Waals surface area contributed by atoms with E-state index in [9.17, 15) is 0 Å². The van der Waals surface area contributed by atoms with E-state index in [1.807, 2.05) is 30.7 Å². The van der Waals surface area contributed by atoms with Gasteiger partial charge in [-0.05, 0) is 23.6 Å². The third-order valence-corrected chi connectivity index (χ3v) is 3.98. The lowest BCUT2D eigenvalue weighted by atomic mass is 10.1. The van der Waals surface area contributed by atoms with E-state index in [1.54, 1.807) is 6.20 Å². The fraction of sp³-hybridized carbons (Fsp3) is 0.238. The van der Waals surface area contributed by atoms with Crippen molar-refractivity contribution in [2.45, 2.75) is 26.6 Å². The molecule has 0 amide bonds. The number of nitrogens with zero attached hydrogens (tertiary/aromatic N) is 3. The van der Waals surface area contributed by atoms with Crippen molar-refractivity contribution in [3.63, 3.8) is 0 Å². The minimum Gasteiger partial charge on any atom is -0.357 e. The van der Waals surface area contributed by atoms with E-state index in [1.165, 1.54) is 16.7 Å². The average molecular weight is 347 g/mol. The van der Waals surface area contributed by atoms with Gasteiger partial charge in [0, 0.05) is 32.0 Å². The van der Waals surface area contributed by atoms with Crippen molar-refractivity contribution in [3.8, 4) is 0 Å². The number of benzene rings is 2. The van der Waals surface area contributed by atoms with Crippen LogP contribution in [0.4, 0.5) is 0 Å². The Morgan fingerprint density at radius 1 is 1.00 bits per heavy atom. The van der Waals surface area contributed by atoms with Gasteiger partial charge in [0.25, 0.3) is 0 Å². The lowest BCUT2D eigenvalue weighted by Crippen LogP contribution is -2.36. The molecule has 0 saturated carbocycles. The monoisotopic (exact) mass is 347 g/mol. The zero-order valence-corrected chi connectivity index (χ0v) is 15.1. The summed E-state index contributed by atoms with van der Waals surface area (Å²) in [5.74, 6) is 0.830. The predicted octanol–water partition coefficient (Wildman–Crippen LogP) is 3.19. The zero-order valence-electron chi connectivity index (χ0n) is 15.1. The highest BCUT2D eigenvalue weighted by Gasteiger charge is 2.00. The molecule has 0 bridgehead atoms. The summed E-state index contributed by atoms with van der Waals surface area (Å²) >= 11 is 0. The van der Waals surface area contributed by atoms with E-state index < -0.39 is 0 Å². The fourth-order valence-electron chi connectivity index (χ4n) is 2.71. The van der Waals surface area contributed by atoms with Crippen LogP contribution in [0.3, 0.4) is 0 Å². The summed E-state index contributed by atoms with van der Waals surface area (Å²) in [6, 6.07) is 18.9. The molecule has 3 rings (SSSR count).